The fourth-order valence-corrected chi connectivity index (χ4v) is 3.01. The quantitative estimate of drug-likeness (QED) is 0.750. The van der Waals surface area contributed by atoms with E-state index in [2.05, 4.69) is 5.32 Å². The van der Waals surface area contributed by atoms with Gasteiger partial charge in [-0.2, -0.15) is 0 Å². The average Bonchev–Trinajstić information content (AvgIpc) is 3.20. The van der Waals surface area contributed by atoms with Gasteiger partial charge < -0.3 is 20.5 Å². The maximum absolute atomic E-state index is 12.6. The molecule has 6 heteroatoms. The second-order valence-electron chi connectivity index (χ2n) is 6.69. The van der Waals surface area contributed by atoms with Crippen molar-refractivity contribution in [3.05, 3.63) is 60.2 Å². The van der Waals surface area contributed by atoms with E-state index in [1.165, 1.54) is 0 Å². The lowest BCUT2D eigenvalue weighted by atomic mass is 9.94. The molecule has 1 fully saturated rings. The Labute approximate surface area is 166 Å². The highest BCUT2D eigenvalue weighted by Gasteiger charge is 2.22. The number of halogens is 1. The topological polar surface area (TPSA) is 73.6 Å². The van der Waals surface area contributed by atoms with Crippen molar-refractivity contribution >= 4 is 24.0 Å². The SMILES string of the molecule is CC(C(=O)Nc1cccc(OCC2CCCO2)c1)C(N)c1ccccc1.Cl. The lowest BCUT2D eigenvalue weighted by Gasteiger charge is -2.20. The van der Waals surface area contributed by atoms with Crippen LogP contribution < -0.4 is 15.8 Å². The summed E-state index contributed by atoms with van der Waals surface area (Å²) in [5, 5.41) is 2.93. The molecule has 3 rings (SSSR count). The molecule has 3 atom stereocenters. The highest BCUT2D eigenvalue weighted by molar-refractivity contribution is 5.93. The molecule has 2 aromatic rings. The first-order valence-electron chi connectivity index (χ1n) is 9.09. The molecular formula is C21H27ClN2O3. The molecule has 27 heavy (non-hydrogen) atoms. The standard InChI is InChI=1S/C21H26N2O3.ClH/c1-15(20(22)16-7-3-2-4-8-16)21(24)23-17-9-5-10-18(13-17)26-14-19-11-6-12-25-19;/h2-5,7-10,13,15,19-20H,6,11-12,14,22H2,1H3,(H,23,24);1H. The van der Waals surface area contributed by atoms with Gasteiger partial charge in [0.25, 0.3) is 0 Å². The summed E-state index contributed by atoms with van der Waals surface area (Å²) in [6.45, 7) is 3.18. The molecule has 5 nitrogen and oxygen atoms in total. The van der Waals surface area contributed by atoms with E-state index in [-0.39, 0.29) is 36.4 Å². The molecule has 3 N–H and O–H groups in total. The lowest BCUT2D eigenvalue weighted by Crippen LogP contribution is -2.30. The number of hydrogen-bond donors (Lipinski definition) is 2. The number of hydrogen-bond acceptors (Lipinski definition) is 4. The molecule has 0 saturated carbocycles. The van der Waals surface area contributed by atoms with Gasteiger partial charge in [-0.15, -0.1) is 12.4 Å². The largest absolute Gasteiger partial charge is 0.491 e. The number of carbonyl (C=O) groups excluding carboxylic acids is 1. The Hall–Kier alpha value is -2.08. The molecule has 0 radical (unpaired) electrons. The van der Waals surface area contributed by atoms with Crippen molar-refractivity contribution in [3.8, 4) is 5.75 Å². The molecule has 146 valence electrons. The second-order valence-corrected chi connectivity index (χ2v) is 6.69. The zero-order valence-electron chi connectivity index (χ0n) is 15.5. The van der Waals surface area contributed by atoms with Crippen molar-refractivity contribution in [2.24, 2.45) is 11.7 Å². The molecule has 1 aliphatic rings. The first-order valence-corrected chi connectivity index (χ1v) is 9.09. The number of amides is 1. The van der Waals surface area contributed by atoms with Gasteiger partial charge >= 0.3 is 0 Å². The van der Waals surface area contributed by atoms with Crippen LogP contribution in [-0.4, -0.2) is 25.2 Å². The van der Waals surface area contributed by atoms with Crippen molar-refractivity contribution in [2.45, 2.75) is 31.9 Å². The predicted octanol–water partition coefficient (Wildman–Crippen LogP) is 3.94. The Kier molecular flexibility index (Phi) is 8.10. The molecule has 0 bridgehead atoms. The third-order valence-corrected chi connectivity index (χ3v) is 4.70. The average molecular weight is 391 g/mol. The van der Waals surface area contributed by atoms with Gasteiger partial charge in [-0.3, -0.25) is 4.79 Å². The highest BCUT2D eigenvalue weighted by atomic mass is 35.5. The van der Waals surface area contributed by atoms with Crippen LogP contribution in [0.5, 0.6) is 5.75 Å². The van der Waals surface area contributed by atoms with Gasteiger partial charge in [0.15, 0.2) is 0 Å². The van der Waals surface area contributed by atoms with Gasteiger partial charge in [0, 0.05) is 24.4 Å². The first kappa shape index (κ1) is 21.2. The monoisotopic (exact) mass is 390 g/mol. The van der Waals surface area contributed by atoms with Crippen LogP contribution in [0.4, 0.5) is 5.69 Å². The van der Waals surface area contributed by atoms with E-state index in [1.54, 1.807) is 0 Å². The maximum atomic E-state index is 12.6. The maximum Gasteiger partial charge on any atom is 0.229 e. The first-order chi connectivity index (χ1) is 12.6. The van der Waals surface area contributed by atoms with Gasteiger partial charge in [0.05, 0.1) is 12.0 Å². The zero-order chi connectivity index (χ0) is 18.4. The molecule has 0 aliphatic carbocycles. The summed E-state index contributed by atoms with van der Waals surface area (Å²) in [6, 6.07) is 16.7. The van der Waals surface area contributed by atoms with E-state index in [0.29, 0.717) is 12.3 Å². The van der Waals surface area contributed by atoms with Crippen LogP contribution in [0.2, 0.25) is 0 Å². The fraction of sp³-hybridized carbons (Fsp3) is 0.381. The second kappa shape index (κ2) is 10.3. The van der Waals surface area contributed by atoms with Crippen LogP contribution >= 0.6 is 12.4 Å². The van der Waals surface area contributed by atoms with Gasteiger partial charge in [-0.25, -0.2) is 0 Å². The summed E-state index contributed by atoms with van der Waals surface area (Å²) in [4.78, 5) is 12.6. The fourth-order valence-electron chi connectivity index (χ4n) is 3.01. The molecule has 0 spiro atoms. The van der Waals surface area contributed by atoms with E-state index in [9.17, 15) is 4.79 Å². The smallest absolute Gasteiger partial charge is 0.229 e. The van der Waals surface area contributed by atoms with Crippen LogP contribution in [-0.2, 0) is 9.53 Å². The summed E-state index contributed by atoms with van der Waals surface area (Å²) < 4.78 is 11.3. The normalized spacial score (nSPS) is 18.2. The number of nitrogens with one attached hydrogen (secondary N) is 1. The molecule has 1 saturated heterocycles. The molecule has 1 amide bonds. The van der Waals surface area contributed by atoms with Crippen LogP contribution in [0.15, 0.2) is 54.6 Å². The van der Waals surface area contributed by atoms with Gasteiger partial charge in [0.1, 0.15) is 12.4 Å². The number of carbonyl (C=O) groups is 1. The Bertz CT molecular complexity index is 720. The summed E-state index contributed by atoms with van der Waals surface area (Å²) >= 11 is 0. The van der Waals surface area contributed by atoms with Gasteiger partial charge in [-0.1, -0.05) is 43.3 Å². The summed E-state index contributed by atoms with van der Waals surface area (Å²) in [7, 11) is 0. The lowest BCUT2D eigenvalue weighted by molar-refractivity contribution is -0.120. The van der Waals surface area contributed by atoms with Crippen LogP contribution in [0.25, 0.3) is 0 Å². The van der Waals surface area contributed by atoms with Gasteiger partial charge in [0.2, 0.25) is 5.91 Å². The van der Waals surface area contributed by atoms with E-state index in [0.717, 1.165) is 30.8 Å². The molecule has 0 aromatic heterocycles. The Morgan fingerprint density at radius 2 is 2.04 bits per heavy atom. The van der Waals surface area contributed by atoms with Crippen molar-refractivity contribution < 1.29 is 14.3 Å². The number of nitrogens with two attached hydrogens (primary N) is 1. The number of benzene rings is 2. The summed E-state index contributed by atoms with van der Waals surface area (Å²) in [6.07, 6.45) is 2.28. The summed E-state index contributed by atoms with van der Waals surface area (Å²) in [5.41, 5.74) is 7.89. The van der Waals surface area contributed by atoms with Crippen LogP contribution in [0, 0.1) is 5.92 Å². The zero-order valence-corrected chi connectivity index (χ0v) is 16.3. The number of anilines is 1. The van der Waals surface area contributed by atoms with Crippen LogP contribution in [0.1, 0.15) is 31.4 Å². The Morgan fingerprint density at radius 3 is 2.74 bits per heavy atom. The third kappa shape index (κ3) is 5.96. The van der Waals surface area contributed by atoms with Crippen molar-refractivity contribution in [2.75, 3.05) is 18.5 Å². The van der Waals surface area contributed by atoms with E-state index < -0.39 is 0 Å². The van der Waals surface area contributed by atoms with Crippen LogP contribution in [0.3, 0.4) is 0 Å². The minimum Gasteiger partial charge on any atom is -0.491 e. The molecule has 1 heterocycles. The van der Waals surface area contributed by atoms with Crippen molar-refractivity contribution in [1.82, 2.24) is 0 Å². The highest BCUT2D eigenvalue weighted by Crippen LogP contribution is 2.23. The molecule has 1 aliphatic heterocycles. The minimum atomic E-state index is -0.353. The van der Waals surface area contributed by atoms with Gasteiger partial charge in [-0.05, 0) is 30.5 Å². The minimum absolute atomic E-state index is 0. The van der Waals surface area contributed by atoms with Crippen molar-refractivity contribution in [3.63, 3.8) is 0 Å². The van der Waals surface area contributed by atoms with E-state index in [4.69, 9.17) is 15.2 Å². The Balaban J connectivity index is 0.00000261. The van der Waals surface area contributed by atoms with E-state index in [1.807, 2.05) is 61.5 Å². The summed E-state index contributed by atoms with van der Waals surface area (Å²) in [5.74, 6) is 0.254. The molecular weight excluding hydrogens is 364 g/mol. The number of ether oxygens (including phenoxy) is 2. The molecule has 3 unspecified atom stereocenters. The number of rotatable bonds is 7. The van der Waals surface area contributed by atoms with Crippen molar-refractivity contribution in [1.29, 1.82) is 0 Å². The molecule has 2 aromatic carbocycles. The predicted molar refractivity (Wildman–Crippen MR) is 109 cm³/mol. The van der Waals surface area contributed by atoms with E-state index >= 15 is 0 Å². The third-order valence-electron chi connectivity index (χ3n) is 4.70. The Morgan fingerprint density at radius 1 is 1.26 bits per heavy atom.